The molecule has 1 aliphatic rings. The molecule has 0 atom stereocenters. The number of carbonyl (C=O) groups excluding carboxylic acids is 1. The Morgan fingerprint density at radius 2 is 1.68 bits per heavy atom. The molecule has 0 bridgehead atoms. The zero-order chi connectivity index (χ0) is 23.8. The van der Waals surface area contributed by atoms with Crippen LogP contribution in [0.1, 0.15) is 59.6 Å². The van der Waals surface area contributed by atoms with Gasteiger partial charge in [-0.1, -0.05) is 18.2 Å². The average Bonchev–Trinajstić information content (AvgIpc) is 2.77. The number of carbonyl (C=O) groups is 1. The lowest BCUT2D eigenvalue weighted by molar-refractivity contribution is -0.140. The summed E-state index contributed by atoms with van der Waals surface area (Å²) in [6.45, 7) is 12.1. The highest BCUT2D eigenvalue weighted by Gasteiger charge is 2.52. The van der Waals surface area contributed by atoms with Crippen LogP contribution in [0.25, 0.3) is 6.08 Å². The minimum atomic E-state index is -4.84. The molecule has 1 amide bonds. The van der Waals surface area contributed by atoms with Gasteiger partial charge in [-0.15, -0.1) is 0 Å². The normalized spacial score (nSPS) is 18.8. The van der Waals surface area contributed by atoms with Crippen molar-refractivity contribution in [2.24, 2.45) is 0 Å². The van der Waals surface area contributed by atoms with Crippen LogP contribution in [0.3, 0.4) is 0 Å². The van der Waals surface area contributed by atoms with Crippen molar-refractivity contribution in [2.45, 2.75) is 71.4 Å². The molecule has 1 fully saturated rings. The van der Waals surface area contributed by atoms with Gasteiger partial charge >= 0.3 is 19.4 Å². The topological polar surface area (TPSA) is 56.8 Å². The number of rotatable bonds is 4. The molecule has 2 rings (SSSR count). The molecule has 0 aliphatic carbocycles. The van der Waals surface area contributed by atoms with E-state index < -0.39 is 47.6 Å². The monoisotopic (exact) mass is 445 g/mol. The van der Waals surface area contributed by atoms with Crippen molar-refractivity contribution in [3.8, 4) is 0 Å². The fourth-order valence-corrected chi connectivity index (χ4v) is 2.77. The second kappa shape index (κ2) is 8.46. The Balaban J connectivity index is 2.40. The second-order valence-electron chi connectivity index (χ2n) is 9.37. The van der Waals surface area contributed by atoms with Gasteiger partial charge in [0.25, 0.3) is 0 Å². The van der Waals surface area contributed by atoms with E-state index >= 15 is 0 Å². The van der Waals surface area contributed by atoms with Gasteiger partial charge in [0, 0.05) is 12.1 Å². The molecule has 1 aliphatic heterocycles. The average molecular weight is 445 g/mol. The summed E-state index contributed by atoms with van der Waals surface area (Å²) in [5, 5.41) is 2.52. The maximum absolute atomic E-state index is 14.6. The third-order valence-corrected chi connectivity index (χ3v) is 5.07. The van der Waals surface area contributed by atoms with Gasteiger partial charge in [-0.3, -0.25) is 0 Å². The van der Waals surface area contributed by atoms with E-state index in [-0.39, 0.29) is 17.6 Å². The maximum atomic E-state index is 14.6. The van der Waals surface area contributed by atoms with Crippen LogP contribution in [0.2, 0.25) is 0 Å². The van der Waals surface area contributed by atoms with Gasteiger partial charge in [0.1, 0.15) is 11.4 Å². The molecule has 1 aromatic rings. The van der Waals surface area contributed by atoms with Crippen LogP contribution >= 0.6 is 0 Å². The molecule has 0 saturated carbocycles. The number of alkyl carbamates (subject to hydrolysis) is 1. The minimum absolute atomic E-state index is 0.179. The molecule has 31 heavy (non-hydrogen) atoms. The van der Waals surface area contributed by atoms with Crippen LogP contribution in [0.5, 0.6) is 0 Å². The molecule has 0 spiro atoms. The van der Waals surface area contributed by atoms with Crippen LogP contribution in [0.15, 0.2) is 23.7 Å². The first-order valence-corrected chi connectivity index (χ1v) is 9.82. The van der Waals surface area contributed by atoms with E-state index in [2.05, 4.69) is 5.32 Å². The Labute approximate surface area is 180 Å². The van der Waals surface area contributed by atoms with Gasteiger partial charge in [-0.25, -0.2) is 9.18 Å². The molecule has 1 heterocycles. The van der Waals surface area contributed by atoms with E-state index in [1.54, 1.807) is 48.5 Å². The zero-order valence-corrected chi connectivity index (χ0v) is 18.7. The summed E-state index contributed by atoms with van der Waals surface area (Å²) in [6.07, 6.45) is -4.38. The first-order chi connectivity index (χ1) is 13.9. The summed E-state index contributed by atoms with van der Waals surface area (Å²) in [6, 6.07) is 2.99. The number of hydrogen-bond acceptors (Lipinski definition) is 4. The Bertz CT molecular complexity index is 844. The van der Waals surface area contributed by atoms with E-state index in [4.69, 9.17) is 14.0 Å². The Kier molecular flexibility index (Phi) is 6.88. The van der Waals surface area contributed by atoms with Crippen LogP contribution < -0.4 is 5.32 Å². The molecule has 1 N–H and O–H groups in total. The van der Waals surface area contributed by atoms with Crippen LogP contribution in [-0.4, -0.2) is 36.6 Å². The van der Waals surface area contributed by atoms with Gasteiger partial charge < -0.3 is 19.4 Å². The van der Waals surface area contributed by atoms with Crippen LogP contribution in [0, 0.1) is 5.82 Å². The molecule has 0 aromatic heterocycles. The lowest BCUT2D eigenvalue weighted by Crippen LogP contribution is -2.41. The van der Waals surface area contributed by atoms with E-state index in [9.17, 15) is 22.4 Å². The van der Waals surface area contributed by atoms with Gasteiger partial charge in [0.2, 0.25) is 0 Å². The summed E-state index contributed by atoms with van der Waals surface area (Å²) < 4.78 is 70.9. The van der Waals surface area contributed by atoms with Gasteiger partial charge in [-0.2, -0.15) is 13.2 Å². The number of benzene rings is 1. The molecule has 172 valence electrons. The lowest BCUT2D eigenvalue weighted by atomic mass is 9.77. The van der Waals surface area contributed by atoms with E-state index in [0.717, 1.165) is 6.07 Å². The second-order valence-corrected chi connectivity index (χ2v) is 9.37. The quantitative estimate of drug-likeness (QED) is 0.499. The third kappa shape index (κ3) is 6.23. The summed E-state index contributed by atoms with van der Waals surface area (Å²) in [7, 11) is -1.01. The Morgan fingerprint density at radius 3 is 2.16 bits per heavy atom. The number of nitrogens with one attached hydrogen (secondary N) is 1. The number of amides is 1. The maximum Gasteiger partial charge on any atom is 0.492 e. The third-order valence-electron chi connectivity index (χ3n) is 5.07. The van der Waals surface area contributed by atoms with Crippen molar-refractivity contribution in [1.82, 2.24) is 5.32 Å². The fraction of sp³-hybridized carbons (Fsp3) is 0.571. The molecule has 5 nitrogen and oxygen atoms in total. The standard InChI is InChI=1S/C21H28BF4NO4/c1-18(2,3)29-17(28)27-12-14(22-30-19(4,5)20(6,7)31-22)11-13-9-8-10-15(16(13)23)21(24,25)26/h8-11H,12H2,1-7H3,(H,27,28). The van der Waals surface area contributed by atoms with Crippen LogP contribution in [0.4, 0.5) is 22.4 Å². The molecular weight excluding hydrogens is 417 g/mol. The van der Waals surface area contributed by atoms with Crippen molar-refractivity contribution in [1.29, 1.82) is 0 Å². The van der Waals surface area contributed by atoms with Crippen molar-refractivity contribution < 1.29 is 36.4 Å². The first-order valence-electron chi connectivity index (χ1n) is 9.82. The minimum Gasteiger partial charge on any atom is -0.444 e. The fourth-order valence-electron chi connectivity index (χ4n) is 2.77. The molecule has 1 aromatic carbocycles. The highest BCUT2D eigenvalue weighted by Crippen LogP contribution is 2.39. The Morgan fingerprint density at radius 1 is 1.13 bits per heavy atom. The number of alkyl halides is 3. The summed E-state index contributed by atoms with van der Waals surface area (Å²) in [5.41, 5.74) is -3.67. The van der Waals surface area contributed by atoms with Crippen molar-refractivity contribution in [3.05, 3.63) is 40.6 Å². The molecule has 1 saturated heterocycles. The largest absolute Gasteiger partial charge is 0.492 e. The smallest absolute Gasteiger partial charge is 0.444 e. The van der Waals surface area contributed by atoms with E-state index in [0.29, 0.717) is 6.07 Å². The zero-order valence-electron chi connectivity index (χ0n) is 18.7. The molecule has 10 heteroatoms. The predicted molar refractivity (Wildman–Crippen MR) is 110 cm³/mol. The van der Waals surface area contributed by atoms with Gasteiger partial charge in [0.05, 0.1) is 16.8 Å². The Hall–Kier alpha value is -2.07. The SMILES string of the molecule is CC(C)(C)OC(=O)NCC(=Cc1cccc(C(F)(F)F)c1F)B1OC(C)(C)C(C)(C)O1. The van der Waals surface area contributed by atoms with Crippen molar-refractivity contribution >= 4 is 19.3 Å². The van der Waals surface area contributed by atoms with Gasteiger partial charge in [0.15, 0.2) is 0 Å². The molecular formula is C21H28BF4NO4. The van der Waals surface area contributed by atoms with E-state index in [1.165, 1.54) is 12.1 Å². The van der Waals surface area contributed by atoms with E-state index in [1.807, 2.05) is 0 Å². The first kappa shape index (κ1) is 25.2. The lowest BCUT2D eigenvalue weighted by Gasteiger charge is -2.32. The van der Waals surface area contributed by atoms with Crippen molar-refractivity contribution in [2.75, 3.05) is 6.54 Å². The summed E-state index contributed by atoms with van der Waals surface area (Å²) in [5.74, 6) is -1.42. The highest BCUT2D eigenvalue weighted by molar-refractivity contribution is 6.56. The van der Waals surface area contributed by atoms with Crippen molar-refractivity contribution in [3.63, 3.8) is 0 Å². The number of halogens is 4. The molecule has 0 unspecified atom stereocenters. The van der Waals surface area contributed by atoms with Crippen LogP contribution in [-0.2, 0) is 20.2 Å². The highest BCUT2D eigenvalue weighted by atomic mass is 19.4. The predicted octanol–water partition coefficient (Wildman–Crippen LogP) is 5.38. The number of ether oxygens (including phenoxy) is 1. The number of hydrogen-bond donors (Lipinski definition) is 1. The van der Waals surface area contributed by atoms with Gasteiger partial charge in [-0.05, 0) is 60.0 Å². The molecule has 0 radical (unpaired) electrons. The summed E-state index contributed by atoms with van der Waals surface area (Å²) in [4.78, 5) is 12.1. The summed E-state index contributed by atoms with van der Waals surface area (Å²) >= 11 is 0.